The maximum Gasteiger partial charge on any atom is 0.241 e. The van der Waals surface area contributed by atoms with Crippen LogP contribution in [0.1, 0.15) is 44.7 Å². The monoisotopic (exact) mass is 460 g/mol. The van der Waals surface area contributed by atoms with Gasteiger partial charge < -0.3 is 19.5 Å². The van der Waals surface area contributed by atoms with E-state index in [9.17, 15) is 13.2 Å². The number of amides is 1. The number of nitrogens with one attached hydrogen (secondary N) is 1. The molecule has 0 saturated carbocycles. The summed E-state index contributed by atoms with van der Waals surface area (Å²) in [5.74, 6) is 1.35. The van der Waals surface area contributed by atoms with E-state index in [0.29, 0.717) is 23.6 Å². The molecule has 0 radical (unpaired) electrons. The van der Waals surface area contributed by atoms with Crippen molar-refractivity contribution in [1.82, 2.24) is 5.32 Å². The van der Waals surface area contributed by atoms with E-state index in [1.165, 1.54) is 0 Å². The Bertz CT molecular complexity index is 1110. The predicted octanol–water partition coefficient (Wildman–Crippen LogP) is 3.38. The highest BCUT2D eigenvalue weighted by atomic mass is 32.2. The Kier molecular flexibility index (Phi) is 5.94. The van der Waals surface area contributed by atoms with Gasteiger partial charge in [-0.2, -0.15) is 0 Å². The summed E-state index contributed by atoms with van der Waals surface area (Å²) < 4.78 is 43.0. The quantitative estimate of drug-likeness (QED) is 0.681. The predicted molar refractivity (Wildman–Crippen MR) is 121 cm³/mol. The molecule has 0 fully saturated rings. The lowest BCUT2D eigenvalue weighted by Crippen LogP contribution is -2.47. The fraction of sp³-hybridized carbons (Fsp3) is 0.435. The van der Waals surface area contributed by atoms with Crippen LogP contribution in [0, 0.1) is 0 Å². The molecular weight excluding hydrogens is 432 g/mol. The second-order valence-corrected chi connectivity index (χ2v) is 10.1. The zero-order valence-corrected chi connectivity index (χ0v) is 19.3. The van der Waals surface area contributed by atoms with Gasteiger partial charge in [-0.15, -0.1) is 0 Å². The molecule has 0 spiro atoms. The number of nitrogens with zero attached hydrogens (tertiary/aromatic N) is 1. The number of benzene rings is 2. The van der Waals surface area contributed by atoms with Gasteiger partial charge in [-0.25, -0.2) is 8.42 Å². The summed E-state index contributed by atoms with van der Waals surface area (Å²) in [6.45, 7) is 3.88. The molecule has 32 heavy (non-hydrogen) atoms. The standard InChI is InChI=1S/C23H28N2O6S/c1-4-23(5-2)13-18(17-8-6-7-9-19(17)31-23)24-22(26)14-25(32(3,27)28)16-10-11-20-21(12-16)30-15-29-20/h6-12,18H,4-5,13-15H2,1-3H3,(H,24,26). The molecule has 1 N–H and O–H groups in total. The van der Waals surface area contributed by atoms with E-state index >= 15 is 0 Å². The lowest BCUT2D eigenvalue weighted by molar-refractivity contribution is -0.121. The first kappa shape index (κ1) is 22.3. The first-order valence-corrected chi connectivity index (χ1v) is 12.5. The minimum atomic E-state index is -3.71. The number of anilines is 1. The molecule has 4 rings (SSSR count). The van der Waals surface area contributed by atoms with Crippen LogP contribution in [-0.4, -0.2) is 39.5 Å². The topological polar surface area (TPSA) is 94.2 Å². The van der Waals surface area contributed by atoms with E-state index in [2.05, 4.69) is 19.2 Å². The Hall–Kier alpha value is -2.94. The number of hydrogen-bond donors (Lipinski definition) is 1. The fourth-order valence-corrected chi connectivity index (χ4v) is 5.09. The third kappa shape index (κ3) is 4.34. The van der Waals surface area contributed by atoms with Crippen LogP contribution < -0.4 is 23.8 Å². The Balaban J connectivity index is 1.57. The molecule has 2 aliphatic rings. The molecule has 2 heterocycles. The van der Waals surface area contributed by atoms with Gasteiger partial charge in [-0.05, 0) is 31.0 Å². The summed E-state index contributed by atoms with van der Waals surface area (Å²) in [6.07, 6.45) is 3.30. The number of ether oxygens (including phenoxy) is 3. The summed E-state index contributed by atoms with van der Waals surface area (Å²) in [6, 6.07) is 12.2. The van der Waals surface area contributed by atoms with Crippen molar-refractivity contribution < 1.29 is 27.4 Å². The minimum Gasteiger partial charge on any atom is -0.487 e. The highest BCUT2D eigenvalue weighted by Crippen LogP contribution is 2.42. The molecule has 172 valence electrons. The van der Waals surface area contributed by atoms with Crippen LogP contribution in [0.15, 0.2) is 42.5 Å². The number of rotatable bonds is 7. The fourth-order valence-electron chi connectivity index (χ4n) is 4.24. The normalized spacial score (nSPS) is 18.4. The second-order valence-electron chi connectivity index (χ2n) is 8.16. The van der Waals surface area contributed by atoms with Gasteiger partial charge in [0, 0.05) is 18.1 Å². The largest absolute Gasteiger partial charge is 0.487 e. The molecule has 2 aliphatic heterocycles. The molecule has 0 saturated heterocycles. The van der Waals surface area contributed by atoms with E-state index < -0.39 is 15.9 Å². The zero-order valence-electron chi connectivity index (χ0n) is 18.5. The molecule has 1 amide bonds. The van der Waals surface area contributed by atoms with Crippen LogP contribution in [-0.2, 0) is 14.8 Å². The van der Waals surface area contributed by atoms with Crippen LogP contribution in [0.4, 0.5) is 5.69 Å². The van der Waals surface area contributed by atoms with Gasteiger partial charge in [0.15, 0.2) is 11.5 Å². The van der Waals surface area contributed by atoms with Crippen molar-refractivity contribution in [3.05, 3.63) is 48.0 Å². The van der Waals surface area contributed by atoms with Crippen molar-refractivity contribution in [3.63, 3.8) is 0 Å². The van der Waals surface area contributed by atoms with Gasteiger partial charge in [0.1, 0.15) is 17.9 Å². The van der Waals surface area contributed by atoms with Gasteiger partial charge in [0.25, 0.3) is 0 Å². The SMILES string of the molecule is CCC1(CC)CC(NC(=O)CN(c2ccc3c(c2)OCO3)S(C)(=O)=O)c2ccccc2O1. The van der Waals surface area contributed by atoms with Crippen molar-refractivity contribution in [2.24, 2.45) is 0 Å². The van der Waals surface area contributed by atoms with Crippen LogP contribution in [0.5, 0.6) is 17.2 Å². The van der Waals surface area contributed by atoms with E-state index in [1.807, 2.05) is 24.3 Å². The van der Waals surface area contributed by atoms with Gasteiger partial charge in [0.05, 0.1) is 18.0 Å². The van der Waals surface area contributed by atoms with Crippen molar-refractivity contribution in [2.75, 3.05) is 23.9 Å². The van der Waals surface area contributed by atoms with Crippen molar-refractivity contribution in [2.45, 2.75) is 44.8 Å². The van der Waals surface area contributed by atoms with E-state index in [0.717, 1.165) is 34.7 Å². The van der Waals surface area contributed by atoms with E-state index in [1.54, 1.807) is 18.2 Å². The Morgan fingerprint density at radius 3 is 2.53 bits per heavy atom. The van der Waals surface area contributed by atoms with E-state index in [-0.39, 0.29) is 25.0 Å². The van der Waals surface area contributed by atoms with Gasteiger partial charge in [-0.3, -0.25) is 9.10 Å². The molecule has 8 nitrogen and oxygen atoms in total. The maximum absolute atomic E-state index is 13.1. The number of fused-ring (bicyclic) bond motifs is 2. The Labute approximate surface area is 188 Å². The molecular formula is C23H28N2O6S. The molecule has 0 aromatic heterocycles. The van der Waals surface area contributed by atoms with E-state index in [4.69, 9.17) is 14.2 Å². The van der Waals surface area contributed by atoms with Gasteiger partial charge >= 0.3 is 0 Å². The Morgan fingerprint density at radius 2 is 1.81 bits per heavy atom. The molecule has 0 aliphatic carbocycles. The Morgan fingerprint density at radius 1 is 1.09 bits per heavy atom. The third-order valence-electron chi connectivity index (χ3n) is 6.15. The molecule has 0 bridgehead atoms. The highest BCUT2D eigenvalue weighted by molar-refractivity contribution is 7.92. The second kappa shape index (κ2) is 8.54. The average molecular weight is 461 g/mol. The van der Waals surface area contributed by atoms with Crippen molar-refractivity contribution in [3.8, 4) is 17.2 Å². The summed E-state index contributed by atoms with van der Waals surface area (Å²) in [5.41, 5.74) is 0.864. The number of carbonyl (C=O) groups is 1. The summed E-state index contributed by atoms with van der Waals surface area (Å²) in [4.78, 5) is 13.1. The molecule has 2 aromatic carbocycles. The molecule has 9 heteroatoms. The average Bonchev–Trinajstić information content (AvgIpc) is 3.24. The van der Waals surface area contributed by atoms with Crippen LogP contribution in [0.2, 0.25) is 0 Å². The van der Waals surface area contributed by atoms with Crippen molar-refractivity contribution >= 4 is 21.6 Å². The zero-order chi connectivity index (χ0) is 22.9. The number of sulfonamides is 1. The lowest BCUT2D eigenvalue weighted by atomic mass is 9.83. The maximum atomic E-state index is 13.1. The van der Waals surface area contributed by atoms with Gasteiger partial charge in [-0.1, -0.05) is 32.0 Å². The molecule has 1 atom stereocenters. The van der Waals surface area contributed by atoms with Crippen molar-refractivity contribution in [1.29, 1.82) is 0 Å². The van der Waals surface area contributed by atoms with Crippen LogP contribution in [0.25, 0.3) is 0 Å². The third-order valence-corrected chi connectivity index (χ3v) is 7.29. The lowest BCUT2D eigenvalue weighted by Gasteiger charge is -2.41. The molecule has 2 aromatic rings. The van der Waals surface area contributed by atoms with Gasteiger partial charge in [0.2, 0.25) is 22.7 Å². The summed E-state index contributed by atoms with van der Waals surface area (Å²) >= 11 is 0. The van der Waals surface area contributed by atoms with Crippen LogP contribution >= 0.6 is 0 Å². The number of hydrogen-bond acceptors (Lipinski definition) is 6. The smallest absolute Gasteiger partial charge is 0.241 e. The first-order valence-electron chi connectivity index (χ1n) is 10.7. The van der Waals surface area contributed by atoms with Crippen LogP contribution in [0.3, 0.4) is 0 Å². The minimum absolute atomic E-state index is 0.0813. The number of para-hydroxylation sites is 1. The first-order chi connectivity index (χ1) is 15.2. The highest BCUT2D eigenvalue weighted by Gasteiger charge is 2.39. The summed E-state index contributed by atoms with van der Waals surface area (Å²) in [5, 5.41) is 3.04. The number of carbonyl (C=O) groups excluding carboxylic acids is 1. The molecule has 1 unspecified atom stereocenters. The summed E-state index contributed by atoms with van der Waals surface area (Å²) in [7, 11) is -3.71.